The summed E-state index contributed by atoms with van der Waals surface area (Å²) in [7, 11) is 0. The molecule has 0 aliphatic rings. The number of carbonyl (C=O) groups is 1. The number of hydrogen-bond acceptors (Lipinski definition) is 3. The molecule has 1 heterocycles. The Labute approximate surface area is 96.6 Å². The molecular formula is C11H12F3NO2. The van der Waals surface area contributed by atoms with Crippen LogP contribution in [-0.4, -0.2) is 23.6 Å². The Morgan fingerprint density at radius 3 is 2.65 bits per heavy atom. The van der Waals surface area contributed by atoms with Gasteiger partial charge in [0.2, 0.25) is 5.88 Å². The highest BCUT2D eigenvalue weighted by Gasteiger charge is 2.29. The lowest BCUT2D eigenvalue weighted by molar-refractivity contribution is -0.154. The summed E-state index contributed by atoms with van der Waals surface area (Å²) >= 11 is 0. The second kappa shape index (κ2) is 5.16. The van der Waals surface area contributed by atoms with Crippen molar-refractivity contribution in [2.45, 2.75) is 20.0 Å². The molecule has 0 spiro atoms. The van der Waals surface area contributed by atoms with Crippen LogP contribution in [0.1, 0.15) is 24.2 Å². The fourth-order valence-electron chi connectivity index (χ4n) is 1.15. The number of nitrogens with zero attached hydrogens (tertiary/aromatic N) is 1. The molecule has 0 fully saturated rings. The van der Waals surface area contributed by atoms with Gasteiger partial charge in [0.05, 0.1) is 5.56 Å². The lowest BCUT2D eigenvalue weighted by atomic mass is 10.0. The van der Waals surface area contributed by atoms with E-state index in [-0.39, 0.29) is 23.1 Å². The first-order valence-corrected chi connectivity index (χ1v) is 5.00. The zero-order chi connectivity index (χ0) is 13.1. The number of aromatic nitrogens is 1. The molecule has 0 saturated carbocycles. The Morgan fingerprint density at radius 2 is 2.12 bits per heavy atom. The first kappa shape index (κ1) is 13.5. The highest BCUT2D eigenvalue weighted by atomic mass is 19.4. The summed E-state index contributed by atoms with van der Waals surface area (Å²) in [6.07, 6.45) is -3.17. The number of rotatable bonds is 4. The SMILES string of the molecule is CC(C)C(=O)c1cccnc1OCC(F)(F)F. The molecule has 0 aliphatic carbocycles. The zero-order valence-corrected chi connectivity index (χ0v) is 9.41. The Hall–Kier alpha value is -1.59. The molecule has 1 aromatic rings. The largest absolute Gasteiger partial charge is 0.467 e. The van der Waals surface area contributed by atoms with E-state index >= 15 is 0 Å². The molecule has 0 aliphatic heterocycles. The van der Waals surface area contributed by atoms with E-state index in [1.165, 1.54) is 18.3 Å². The summed E-state index contributed by atoms with van der Waals surface area (Å²) in [6.45, 7) is 1.86. The van der Waals surface area contributed by atoms with Crippen molar-refractivity contribution < 1.29 is 22.7 Å². The van der Waals surface area contributed by atoms with Crippen molar-refractivity contribution in [3.05, 3.63) is 23.9 Å². The minimum Gasteiger partial charge on any atom is -0.467 e. The van der Waals surface area contributed by atoms with Crippen LogP contribution in [-0.2, 0) is 0 Å². The fourth-order valence-corrected chi connectivity index (χ4v) is 1.15. The Morgan fingerprint density at radius 1 is 1.47 bits per heavy atom. The topological polar surface area (TPSA) is 39.2 Å². The van der Waals surface area contributed by atoms with Crippen molar-refractivity contribution in [2.24, 2.45) is 5.92 Å². The van der Waals surface area contributed by atoms with Gasteiger partial charge in [-0.25, -0.2) is 4.98 Å². The fraction of sp³-hybridized carbons (Fsp3) is 0.455. The number of alkyl halides is 3. The van der Waals surface area contributed by atoms with Crippen molar-refractivity contribution in [1.82, 2.24) is 4.98 Å². The van der Waals surface area contributed by atoms with Gasteiger partial charge in [-0.05, 0) is 12.1 Å². The van der Waals surface area contributed by atoms with Gasteiger partial charge < -0.3 is 4.74 Å². The summed E-state index contributed by atoms with van der Waals surface area (Å²) in [5.74, 6) is -0.897. The van der Waals surface area contributed by atoms with E-state index in [1.54, 1.807) is 13.8 Å². The number of pyridine rings is 1. The van der Waals surface area contributed by atoms with E-state index in [1.807, 2.05) is 0 Å². The Bertz CT molecular complexity index is 402. The van der Waals surface area contributed by atoms with Gasteiger partial charge in [0, 0.05) is 12.1 Å². The maximum atomic E-state index is 12.0. The summed E-state index contributed by atoms with van der Waals surface area (Å²) in [6, 6.07) is 2.89. The van der Waals surface area contributed by atoms with E-state index in [9.17, 15) is 18.0 Å². The predicted molar refractivity (Wildman–Crippen MR) is 55.0 cm³/mol. The smallest absolute Gasteiger partial charge is 0.422 e. The summed E-state index contributed by atoms with van der Waals surface area (Å²) in [4.78, 5) is 15.3. The molecule has 0 aromatic carbocycles. The summed E-state index contributed by atoms with van der Waals surface area (Å²) in [5, 5.41) is 0. The van der Waals surface area contributed by atoms with Gasteiger partial charge in [0.15, 0.2) is 12.4 Å². The predicted octanol–water partition coefficient (Wildman–Crippen LogP) is 2.86. The number of ether oxygens (including phenoxy) is 1. The van der Waals surface area contributed by atoms with Gasteiger partial charge >= 0.3 is 6.18 Å². The molecular weight excluding hydrogens is 235 g/mol. The molecule has 1 rings (SSSR count). The molecule has 0 atom stereocenters. The minimum absolute atomic E-state index is 0.0757. The van der Waals surface area contributed by atoms with Crippen LogP contribution in [0.2, 0.25) is 0 Å². The molecule has 0 radical (unpaired) electrons. The lowest BCUT2D eigenvalue weighted by Crippen LogP contribution is -2.21. The third-order valence-corrected chi connectivity index (χ3v) is 1.93. The molecule has 1 aromatic heterocycles. The van der Waals surface area contributed by atoms with Crippen LogP contribution in [0.15, 0.2) is 18.3 Å². The minimum atomic E-state index is -4.45. The molecule has 0 amide bonds. The highest BCUT2D eigenvalue weighted by Crippen LogP contribution is 2.21. The second-order valence-corrected chi connectivity index (χ2v) is 3.78. The van der Waals surface area contributed by atoms with Gasteiger partial charge in [0.1, 0.15) is 0 Å². The van der Waals surface area contributed by atoms with Crippen LogP contribution in [0.5, 0.6) is 5.88 Å². The zero-order valence-electron chi connectivity index (χ0n) is 9.41. The average molecular weight is 247 g/mol. The molecule has 94 valence electrons. The van der Waals surface area contributed by atoms with Crippen LogP contribution >= 0.6 is 0 Å². The van der Waals surface area contributed by atoms with Gasteiger partial charge in [-0.15, -0.1) is 0 Å². The number of ketones is 1. The molecule has 3 nitrogen and oxygen atoms in total. The second-order valence-electron chi connectivity index (χ2n) is 3.78. The standard InChI is InChI=1S/C11H12F3NO2/c1-7(2)9(16)8-4-3-5-15-10(8)17-6-11(12,13)14/h3-5,7H,6H2,1-2H3. The first-order valence-electron chi connectivity index (χ1n) is 5.00. The number of hydrogen-bond donors (Lipinski definition) is 0. The molecule has 0 saturated heterocycles. The molecule has 17 heavy (non-hydrogen) atoms. The molecule has 0 bridgehead atoms. The van der Waals surface area contributed by atoms with Crippen LogP contribution in [0.3, 0.4) is 0 Å². The van der Waals surface area contributed by atoms with Gasteiger partial charge in [0.25, 0.3) is 0 Å². The van der Waals surface area contributed by atoms with Crippen molar-refractivity contribution in [3.8, 4) is 5.88 Å². The third-order valence-electron chi connectivity index (χ3n) is 1.93. The molecule has 0 unspecified atom stereocenters. The Kier molecular flexibility index (Phi) is 4.09. The van der Waals surface area contributed by atoms with Crippen molar-refractivity contribution in [1.29, 1.82) is 0 Å². The van der Waals surface area contributed by atoms with E-state index in [4.69, 9.17) is 0 Å². The first-order chi connectivity index (χ1) is 7.81. The average Bonchev–Trinajstić information content (AvgIpc) is 2.24. The maximum absolute atomic E-state index is 12.0. The summed E-state index contributed by atoms with van der Waals surface area (Å²) in [5.41, 5.74) is 0.0757. The van der Waals surface area contributed by atoms with Crippen LogP contribution in [0, 0.1) is 5.92 Å². The number of halogens is 3. The normalized spacial score (nSPS) is 11.6. The number of Topliss-reactive ketones (excluding diaryl/α,β-unsaturated/α-hetero) is 1. The molecule has 0 N–H and O–H groups in total. The van der Waals surface area contributed by atoms with E-state index in [0.717, 1.165) is 0 Å². The summed E-state index contributed by atoms with van der Waals surface area (Å²) < 4.78 is 40.5. The number of carbonyl (C=O) groups excluding carboxylic acids is 1. The third kappa shape index (κ3) is 4.05. The van der Waals surface area contributed by atoms with Crippen LogP contribution < -0.4 is 4.74 Å². The van der Waals surface area contributed by atoms with Crippen LogP contribution in [0.4, 0.5) is 13.2 Å². The van der Waals surface area contributed by atoms with Crippen LogP contribution in [0.25, 0.3) is 0 Å². The van der Waals surface area contributed by atoms with Gasteiger partial charge in [-0.3, -0.25) is 4.79 Å². The maximum Gasteiger partial charge on any atom is 0.422 e. The van der Waals surface area contributed by atoms with E-state index in [2.05, 4.69) is 9.72 Å². The van der Waals surface area contributed by atoms with Crippen molar-refractivity contribution in [3.63, 3.8) is 0 Å². The van der Waals surface area contributed by atoms with Crippen molar-refractivity contribution >= 4 is 5.78 Å². The highest BCUT2D eigenvalue weighted by molar-refractivity contribution is 5.99. The lowest BCUT2D eigenvalue weighted by Gasteiger charge is -2.12. The quantitative estimate of drug-likeness (QED) is 0.768. The Balaban J connectivity index is 2.89. The van der Waals surface area contributed by atoms with E-state index in [0.29, 0.717) is 0 Å². The molecule has 6 heteroatoms. The van der Waals surface area contributed by atoms with Gasteiger partial charge in [-0.1, -0.05) is 13.8 Å². The van der Waals surface area contributed by atoms with E-state index < -0.39 is 12.8 Å². The van der Waals surface area contributed by atoms with Gasteiger partial charge in [-0.2, -0.15) is 13.2 Å². The monoisotopic (exact) mass is 247 g/mol. The van der Waals surface area contributed by atoms with Crippen molar-refractivity contribution in [2.75, 3.05) is 6.61 Å².